The number of imidazole rings is 1. The second-order valence-corrected chi connectivity index (χ2v) is 6.75. The number of esters is 1. The Bertz CT molecular complexity index is 1110. The summed E-state index contributed by atoms with van der Waals surface area (Å²) in [7, 11) is 2.66. The highest BCUT2D eigenvalue weighted by Crippen LogP contribution is 2.17. The lowest BCUT2D eigenvalue weighted by molar-refractivity contribution is -0.119. The molecular weight excluding hydrogens is 412 g/mol. The fraction of sp³-hybridized carbons (Fsp3) is 0.200. The summed E-state index contributed by atoms with van der Waals surface area (Å²) < 4.78 is 11.2. The molecule has 0 aliphatic carbocycles. The topological polar surface area (TPSA) is 111 Å². The molecule has 0 saturated carbocycles. The number of carbonyl (C=O) groups is 3. The zero-order chi connectivity index (χ0) is 21.7. The van der Waals surface area contributed by atoms with E-state index in [0.717, 1.165) is 0 Å². The average Bonchev–Trinajstić information content (AvgIpc) is 3.14. The van der Waals surface area contributed by atoms with E-state index in [-0.39, 0.29) is 30.3 Å². The van der Waals surface area contributed by atoms with Crippen molar-refractivity contribution in [3.63, 3.8) is 0 Å². The monoisotopic (exact) mass is 430 g/mol. The van der Waals surface area contributed by atoms with Gasteiger partial charge in [0.2, 0.25) is 5.91 Å². The van der Waals surface area contributed by atoms with Gasteiger partial charge in [-0.2, -0.15) is 0 Å². The van der Waals surface area contributed by atoms with Gasteiger partial charge in [0.05, 0.1) is 17.7 Å². The average molecular weight is 431 g/mol. The number of aromatic nitrogens is 2. The lowest BCUT2D eigenvalue weighted by Crippen LogP contribution is -2.23. The predicted molar refractivity (Wildman–Crippen MR) is 110 cm³/mol. The molecule has 2 heterocycles. The van der Waals surface area contributed by atoms with Gasteiger partial charge in [0.1, 0.15) is 17.9 Å². The first-order valence-electron chi connectivity index (χ1n) is 8.83. The molecule has 3 rings (SSSR count). The molecule has 0 aliphatic heterocycles. The Hall–Kier alpha value is -3.43. The molecule has 0 atom stereocenters. The van der Waals surface area contributed by atoms with Crippen LogP contribution in [0.25, 0.3) is 5.65 Å². The van der Waals surface area contributed by atoms with Crippen LogP contribution in [0.5, 0.6) is 0 Å². The lowest BCUT2D eigenvalue weighted by atomic mass is 10.1. The van der Waals surface area contributed by atoms with Crippen molar-refractivity contribution in [2.45, 2.75) is 6.54 Å². The van der Waals surface area contributed by atoms with Gasteiger partial charge in [-0.15, -0.1) is 0 Å². The molecule has 0 fully saturated rings. The number of fused-ring (bicyclic) bond motifs is 1. The van der Waals surface area contributed by atoms with Gasteiger partial charge in [-0.1, -0.05) is 11.6 Å². The van der Waals surface area contributed by atoms with Gasteiger partial charge in [0.15, 0.2) is 0 Å². The number of hydrogen-bond acceptors (Lipinski definition) is 6. The summed E-state index contributed by atoms with van der Waals surface area (Å²) in [5, 5.41) is 5.90. The van der Waals surface area contributed by atoms with Crippen LogP contribution >= 0.6 is 11.6 Å². The maximum Gasteiger partial charge on any atom is 0.337 e. The van der Waals surface area contributed by atoms with Gasteiger partial charge >= 0.3 is 5.97 Å². The molecule has 1 aromatic carbocycles. The second-order valence-electron chi connectivity index (χ2n) is 6.31. The standard InChI is InChI=1S/C20H19ClN4O5/c1-29-11-18(26)23-15-6-12(5-13(7-15)20(28)30-2)8-22-19(27)16-10-25-9-14(21)3-4-17(25)24-16/h3-7,9-10H,8,11H2,1-2H3,(H,22,27)(H,23,26). The first-order valence-corrected chi connectivity index (χ1v) is 9.21. The second kappa shape index (κ2) is 9.38. The molecule has 0 spiro atoms. The normalized spacial score (nSPS) is 10.6. The number of benzene rings is 1. The molecule has 0 radical (unpaired) electrons. The summed E-state index contributed by atoms with van der Waals surface area (Å²) >= 11 is 5.95. The molecule has 2 aromatic heterocycles. The van der Waals surface area contributed by atoms with E-state index in [1.54, 1.807) is 41.1 Å². The molecule has 0 unspecified atom stereocenters. The summed E-state index contributed by atoms with van der Waals surface area (Å²) in [5.41, 5.74) is 2.01. The highest BCUT2D eigenvalue weighted by molar-refractivity contribution is 6.30. The largest absolute Gasteiger partial charge is 0.465 e. The van der Waals surface area contributed by atoms with Gasteiger partial charge < -0.3 is 24.5 Å². The Morgan fingerprint density at radius 2 is 1.93 bits per heavy atom. The molecule has 0 bridgehead atoms. The summed E-state index contributed by atoms with van der Waals surface area (Å²) in [6, 6.07) is 8.08. The van der Waals surface area contributed by atoms with E-state index >= 15 is 0 Å². The van der Waals surface area contributed by atoms with E-state index in [9.17, 15) is 14.4 Å². The van der Waals surface area contributed by atoms with Crippen molar-refractivity contribution in [2.75, 3.05) is 26.1 Å². The summed E-state index contributed by atoms with van der Waals surface area (Å²) in [4.78, 5) is 40.5. The van der Waals surface area contributed by atoms with Crippen LogP contribution in [0.4, 0.5) is 5.69 Å². The highest BCUT2D eigenvalue weighted by atomic mass is 35.5. The molecule has 2 amide bonds. The number of pyridine rings is 1. The van der Waals surface area contributed by atoms with Crippen LogP contribution in [0, 0.1) is 0 Å². The third-order valence-electron chi connectivity index (χ3n) is 4.07. The quantitative estimate of drug-likeness (QED) is 0.556. The van der Waals surface area contributed by atoms with E-state index in [4.69, 9.17) is 21.1 Å². The first kappa shape index (κ1) is 21.3. The molecule has 10 heteroatoms. The predicted octanol–water partition coefficient (Wildman–Crippen LogP) is 2.29. The Kier molecular flexibility index (Phi) is 6.65. The number of halogens is 1. The summed E-state index contributed by atoms with van der Waals surface area (Å²) in [5.74, 6) is -1.34. The number of amides is 2. The number of methoxy groups -OCH3 is 2. The Morgan fingerprint density at radius 3 is 2.67 bits per heavy atom. The molecule has 30 heavy (non-hydrogen) atoms. The Labute approximate surface area is 176 Å². The van der Waals surface area contributed by atoms with Crippen molar-refractivity contribution in [2.24, 2.45) is 0 Å². The minimum absolute atomic E-state index is 0.103. The number of hydrogen-bond donors (Lipinski definition) is 2. The van der Waals surface area contributed by atoms with Crippen LogP contribution in [0.2, 0.25) is 5.02 Å². The minimum Gasteiger partial charge on any atom is -0.465 e. The fourth-order valence-electron chi connectivity index (χ4n) is 2.78. The zero-order valence-electron chi connectivity index (χ0n) is 16.3. The smallest absolute Gasteiger partial charge is 0.337 e. The zero-order valence-corrected chi connectivity index (χ0v) is 17.0. The lowest BCUT2D eigenvalue weighted by Gasteiger charge is -2.11. The van der Waals surface area contributed by atoms with Crippen molar-refractivity contribution < 1.29 is 23.9 Å². The van der Waals surface area contributed by atoms with Crippen molar-refractivity contribution in [1.29, 1.82) is 0 Å². The number of nitrogens with zero attached hydrogens (tertiary/aromatic N) is 2. The SMILES string of the molecule is COCC(=O)Nc1cc(CNC(=O)c2cn3cc(Cl)ccc3n2)cc(C(=O)OC)c1. The number of nitrogens with one attached hydrogen (secondary N) is 2. The molecule has 0 saturated heterocycles. The van der Waals surface area contributed by atoms with E-state index in [1.165, 1.54) is 20.3 Å². The highest BCUT2D eigenvalue weighted by Gasteiger charge is 2.14. The van der Waals surface area contributed by atoms with Gasteiger partial charge in [-0.3, -0.25) is 9.59 Å². The van der Waals surface area contributed by atoms with Crippen LogP contribution in [-0.4, -0.2) is 48.0 Å². The summed E-state index contributed by atoms with van der Waals surface area (Å²) in [6.07, 6.45) is 3.22. The third-order valence-corrected chi connectivity index (χ3v) is 4.30. The molecular formula is C20H19ClN4O5. The van der Waals surface area contributed by atoms with E-state index in [2.05, 4.69) is 15.6 Å². The van der Waals surface area contributed by atoms with Gasteiger partial charge in [-0.25, -0.2) is 9.78 Å². The molecule has 9 nitrogen and oxygen atoms in total. The fourth-order valence-corrected chi connectivity index (χ4v) is 2.95. The van der Waals surface area contributed by atoms with Crippen LogP contribution in [0.1, 0.15) is 26.4 Å². The van der Waals surface area contributed by atoms with Gasteiger partial charge in [-0.05, 0) is 35.9 Å². The molecule has 2 N–H and O–H groups in total. The van der Waals surface area contributed by atoms with Crippen molar-refractivity contribution in [3.8, 4) is 0 Å². The van der Waals surface area contributed by atoms with E-state index < -0.39 is 11.9 Å². The van der Waals surface area contributed by atoms with Crippen LogP contribution in [0.3, 0.4) is 0 Å². The van der Waals surface area contributed by atoms with Gasteiger partial charge in [0, 0.05) is 31.7 Å². The number of ether oxygens (including phenoxy) is 2. The van der Waals surface area contributed by atoms with Crippen LogP contribution in [0.15, 0.2) is 42.7 Å². The first-order chi connectivity index (χ1) is 14.4. The van der Waals surface area contributed by atoms with E-state index in [1.807, 2.05) is 0 Å². The van der Waals surface area contributed by atoms with Crippen LogP contribution < -0.4 is 10.6 Å². The van der Waals surface area contributed by atoms with Gasteiger partial charge in [0.25, 0.3) is 5.91 Å². The summed E-state index contributed by atoms with van der Waals surface area (Å²) in [6.45, 7) is -0.0299. The molecule has 156 valence electrons. The third kappa shape index (κ3) is 5.13. The molecule has 3 aromatic rings. The number of rotatable bonds is 7. The van der Waals surface area contributed by atoms with Crippen molar-refractivity contribution >= 4 is 40.7 Å². The Balaban J connectivity index is 1.77. The van der Waals surface area contributed by atoms with Crippen LogP contribution in [-0.2, 0) is 20.8 Å². The van der Waals surface area contributed by atoms with E-state index in [0.29, 0.717) is 21.9 Å². The molecule has 0 aliphatic rings. The van der Waals surface area contributed by atoms with Crippen molar-refractivity contribution in [1.82, 2.24) is 14.7 Å². The Morgan fingerprint density at radius 1 is 1.13 bits per heavy atom. The number of anilines is 1. The maximum atomic E-state index is 12.5. The number of carbonyl (C=O) groups excluding carboxylic acids is 3. The van der Waals surface area contributed by atoms with Crippen molar-refractivity contribution in [3.05, 3.63) is 64.6 Å². The minimum atomic E-state index is -0.567. The maximum absolute atomic E-state index is 12.5.